The predicted octanol–water partition coefficient (Wildman–Crippen LogP) is 4.44. The molecule has 1 fully saturated rings. The Kier molecular flexibility index (Phi) is 5.01. The van der Waals surface area contributed by atoms with E-state index in [9.17, 15) is 12.8 Å². The Morgan fingerprint density at radius 3 is 2.58 bits per heavy atom. The van der Waals surface area contributed by atoms with Gasteiger partial charge in [-0.2, -0.15) is 4.31 Å². The molecule has 0 spiro atoms. The fourth-order valence-corrected chi connectivity index (χ4v) is 5.30. The molecular weight excluding hydrogens is 325 g/mol. The zero-order chi connectivity index (χ0) is 17.2. The van der Waals surface area contributed by atoms with Gasteiger partial charge in [-0.15, -0.1) is 0 Å². The van der Waals surface area contributed by atoms with E-state index in [2.05, 4.69) is 0 Å². The number of nitrogens with zero attached hydrogens (tertiary/aromatic N) is 1. The van der Waals surface area contributed by atoms with Crippen LogP contribution < -0.4 is 0 Å². The first-order chi connectivity index (χ1) is 11.5. The molecule has 2 aromatic rings. The molecule has 3 rings (SSSR count). The van der Waals surface area contributed by atoms with Crippen LogP contribution in [0.2, 0.25) is 0 Å². The molecule has 1 saturated heterocycles. The largest absolute Gasteiger partial charge is 0.243 e. The lowest BCUT2D eigenvalue weighted by molar-refractivity contribution is 0.328. The topological polar surface area (TPSA) is 37.4 Å². The van der Waals surface area contributed by atoms with Gasteiger partial charge in [0.25, 0.3) is 0 Å². The molecule has 1 aliphatic heterocycles. The Bertz CT molecular complexity index is 820. The third kappa shape index (κ3) is 3.37. The van der Waals surface area contributed by atoms with E-state index >= 15 is 0 Å². The average molecular weight is 347 g/mol. The first-order valence-electron chi connectivity index (χ1n) is 8.33. The van der Waals surface area contributed by atoms with Gasteiger partial charge in [0.15, 0.2) is 0 Å². The van der Waals surface area contributed by atoms with E-state index in [0.29, 0.717) is 17.9 Å². The molecular formula is C19H22FNO2S. The minimum Gasteiger partial charge on any atom is -0.207 e. The van der Waals surface area contributed by atoms with Gasteiger partial charge in [-0.1, -0.05) is 43.2 Å². The normalized spacial score (nSPS) is 19.8. The van der Waals surface area contributed by atoms with E-state index in [4.69, 9.17) is 0 Å². The highest BCUT2D eigenvalue weighted by atomic mass is 32.2. The van der Waals surface area contributed by atoms with Crippen LogP contribution in [-0.4, -0.2) is 19.3 Å². The van der Waals surface area contributed by atoms with Crippen molar-refractivity contribution in [2.75, 3.05) is 6.54 Å². The zero-order valence-corrected chi connectivity index (χ0v) is 14.6. The van der Waals surface area contributed by atoms with Gasteiger partial charge < -0.3 is 0 Å². The number of sulfonamides is 1. The van der Waals surface area contributed by atoms with Crippen LogP contribution in [0.15, 0.2) is 53.4 Å². The zero-order valence-electron chi connectivity index (χ0n) is 13.8. The fraction of sp³-hybridized carbons (Fsp3) is 0.368. The Balaban J connectivity index is 2.06. The molecule has 128 valence electrons. The van der Waals surface area contributed by atoms with E-state index in [0.717, 1.165) is 30.4 Å². The van der Waals surface area contributed by atoms with E-state index in [1.54, 1.807) is 22.5 Å². The van der Waals surface area contributed by atoms with Crippen molar-refractivity contribution in [3.05, 3.63) is 65.5 Å². The lowest BCUT2D eigenvalue weighted by atomic mass is 10.0. The van der Waals surface area contributed by atoms with Crippen molar-refractivity contribution < 1.29 is 12.8 Å². The molecule has 0 unspecified atom stereocenters. The van der Waals surface area contributed by atoms with Gasteiger partial charge in [0, 0.05) is 6.54 Å². The number of hydrogen-bond acceptors (Lipinski definition) is 2. The van der Waals surface area contributed by atoms with Crippen molar-refractivity contribution in [2.45, 2.75) is 43.5 Å². The van der Waals surface area contributed by atoms with Gasteiger partial charge >= 0.3 is 0 Å². The summed E-state index contributed by atoms with van der Waals surface area (Å²) >= 11 is 0. The minimum atomic E-state index is -3.62. The summed E-state index contributed by atoms with van der Waals surface area (Å²) in [5, 5.41) is 0. The highest BCUT2D eigenvalue weighted by Gasteiger charge is 2.34. The highest BCUT2D eigenvalue weighted by Crippen LogP contribution is 2.35. The lowest BCUT2D eigenvalue weighted by Gasteiger charge is -2.30. The van der Waals surface area contributed by atoms with Crippen molar-refractivity contribution in [3.63, 3.8) is 0 Å². The molecule has 3 nitrogen and oxygen atoms in total. The maximum Gasteiger partial charge on any atom is 0.243 e. The predicted molar refractivity (Wildman–Crippen MR) is 92.7 cm³/mol. The summed E-state index contributed by atoms with van der Waals surface area (Å²) in [6.07, 6.45) is 3.48. The molecule has 5 heteroatoms. The molecule has 0 bridgehead atoms. The number of hydrogen-bond donors (Lipinski definition) is 0. The van der Waals surface area contributed by atoms with Gasteiger partial charge in [0.05, 0.1) is 10.9 Å². The third-order valence-corrected chi connectivity index (χ3v) is 6.69. The van der Waals surface area contributed by atoms with E-state index in [1.165, 1.54) is 12.1 Å². The first-order valence-corrected chi connectivity index (χ1v) is 9.77. The van der Waals surface area contributed by atoms with Crippen molar-refractivity contribution in [1.29, 1.82) is 0 Å². The maximum absolute atomic E-state index is 13.7. The van der Waals surface area contributed by atoms with Gasteiger partial charge in [0.1, 0.15) is 5.82 Å². The van der Waals surface area contributed by atoms with Crippen LogP contribution in [0, 0.1) is 12.7 Å². The summed E-state index contributed by atoms with van der Waals surface area (Å²) in [7, 11) is -3.62. The van der Waals surface area contributed by atoms with Crippen molar-refractivity contribution in [1.82, 2.24) is 4.31 Å². The van der Waals surface area contributed by atoms with Crippen LogP contribution in [0.25, 0.3) is 0 Å². The summed E-state index contributed by atoms with van der Waals surface area (Å²) in [6, 6.07) is 13.0. The Labute approximate surface area is 143 Å². The maximum atomic E-state index is 13.7. The van der Waals surface area contributed by atoms with Gasteiger partial charge in [-0.25, -0.2) is 12.8 Å². The molecule has 1 atom stereocenters. The van der Waals surface area contributed by atoms with Crippen molar-refractivity contribution in [3.8, 4) is 0 Å². The molecule has 0 saturated carbocycles. The number of benzene rings is 2. The summed E-state index contributed by atoms with van der Waals surface area (Å²) in [6.45, 7) is 2.28. The second-order valence-corrected chi connectivity index (χ2v) is 8.16. The highest BCUT2D eigenvalue weighted by molar-refractivity contribution is 7.89. The molecule has 0 aromatic heterocycles. The molecule has 0 amide bonds. The standard InChI is InChI=1S/C19H22FNO2S/c1-15-8-4-5-12-19(15)24(22,23)21-13-6-2-3-11-18(21)16-9-7-10-17(20)14-16/h4-5,7-10,12,14,18H,2-3,6,11,13H2,1H3/t18-/m0/s1. The number of halogens is 1. The number of rotatable bonds is 3. The van der Waals surface area contributed by atoms with Crippen LogP contribution in [-0.2, 0) is 10.0 Å². The third-order valence-electron chi connectivity index (χ3n) is 4.62. The molecule has 0 aliphatic carbocycles. The van der Waals surface area contributed by atoms with E-state index in [-0.39, 0.29) is 11.9 Å². The first kappa shape index (κ1) is 17.1. The van der Waals surface area contributed by atoms with Crippen LogP contribution >= 0.6 is 0 Å². The molecule has 0 radical (unpaired) electrons. The Morgan fingerprint density at radius 1 is 1.04 bits per heavy atom. The quantitative estimate of drug-likeness (QED) is 0.823. The Morgan fingerprint density at radius 2 is 1.83 bits per heavy atom. The van der Waals surface area contributed by atoms with Gasteiger partial charge in [0.2, 0.25) is 10.0 Å². The molecule has 0 N–H and O–H groups in total. The summed E-state index contributed by atoms with van der Waals surface area (Å²) in [5.41, 5.74) is 1.47. The van der Waals surface area contributed by atoms with Gasteiger partial charge in [-0.3, -0.25) is 0 Å². The average Bonchev–Trinajstić information content (AvgIpc) is 2.81. The van der Waals surface area contributed by atoms with Crippen LogP contribution in [0.1, 0.15) is 42.9 Å². The summed E-state index contributed by atoms with van der Waals surface area (Å²) in [4.78, 5) is 0.341. The Hall–Kier alpha value is -1.72. The SMILES string of the molecule is Cc1ccccc1S(=O)(=O)N1CCCCC[C@H]1c1cccc(F)c1. The summed E-state index contributed by atoms with van der Waals surface area (Å²) < 4.78 is 41.8. The van der Waals surface area contributed by atoms with Crippen LogP contribution in [0.4, 0.5) is 4.39 Å². The van der Waals surface area contributed by atoms with Crippen LogP contribution in [0.3, 0.4) is 0 Å². The second kappa shape index (κ2) is 7.03. The fourth-order valence-electron chi connectivity index (χ4n) is 3.39. The number of aryl methyl sites for hydroxylation is 1. The lowest BCUT2D eigenvalue weighted by Crippen LogP contribution is -2.35. The monoisotopic (exact) mass is 347 g/mol. The molecule has 1 heterocycles. The van der Waals surface area contributed by atoms with Crippen molar-refractivity contribution >= 4 is 10.0 Å². The second-order valence-electron chi connectivity index (χ2n) is 6.30. The molecule has 24 heavy (non-hydrogen) atoms. The smallest absolute Gasteiger partial charge is 0.207 e. The van der Waals surface area contributed by atoms with E-state index in [1.807, 2.05) is 25.1 Å². The molecule has 2 aromatic carbocycles. The van der Waals surface area contributed by atoms with Crippen LogP contribution in [0.5, 0.6) is 0 Å². The summed E-state index contributed by atoms with van der Waals surface area (Å²) in [5.74, 6) is -0.329. The molecule has 1 aliphatic rings. The minimum absolute atomic E-state index is 0.312. The van der Waals surface area contributed by atoms with Gasteiger partial charge in [-0.05, 0) is 49.1 Å². The van der Waals surface area contributed by atoms with Crippen molar-refractivity contribution in [2.24, 2.45) is 0 Å². The van der Waals surface area contributed by atoms with E-state index < -0.39 is 10.0 Å².